The van der Waals surface area contributed by atoms with Crippen LogP contribution in [0.2, 0.25) is 5.02 Å². The number of rotatable bonds is 7. The number of carbonyl (C=O) groups excluding carboxylic acids is 2. The number of hydrogen-bond acceptors (Lipinski definition) is 3. The lowest BCUT2D eigenvalue weighted by Gasteiger charge is -2.18. The van der Waals surface area contributed by atoms with E-state index in [-0.39, 0.29) is 17.1 Å². The standard InChI is InChI=1S/C20H23ClN2O2S/c1-4-23(5-2)20(25)15-6-10-17(11-7-15)22-19(24)14(3)26-18-12-8-16(21)9-13-18/h6-14H,4-5H2,1-3H3,(H,22,24)/t14-/m0/s1. The number of nitrogens with one attached hydrogen (secondary N) is 1. The number of amides is 2. The lowest BCUT2D eigenvalue weighted by molar-refractivity contribution is -0.115. The predicted molar refractivity (Wildman–Crippen MR) is 109 cm³/mol. The third-order valence-electron chi connectivity index (χ3n) is 3.95. The van der Waals surface area contributed by atoms with E-state index in [9.17, 15) is 9.59 Å². The number of carbonyl (C=O) groups is 2. The zero-order valence-corrected chi connectivity index (χ0v) is 16.7. The van der Waals surface area contributed by atoms with Crippen molar-refractivity contribution in [3.8, 4) is 0 Å². The average Bonchev–Trinajstić information content (AvgIpc) is 2.65. The highest BCUT2D eigenvalue weighted by atomic mass is 35.5. The first-order chi connectivity index (χ1) is 12.4. The van der Waals surface area contributed by atoms with E-state index in [4.69, 9.17) is 11.6 Å². The number of nitrogens with zero attached hydrogens (tertiary/aromatic N) is 1. The molecule has 1 atom stereocenters. The summed E-state index contributed by atoms with van der Waals surface area (Å²) < 4.78 is 0. The van der Waals surface area contributed by atoms with Crippen LogP contribution in [0.1, 0.15) is 31.1 Å². The van der Waals surface area contributed by atoms with Crippen molar-refractivity contribution in [2.24, 2.45) is 0 Å². The summed E-state index contributed by atoms with van der Waals surface area (Å²) in [5, 5.41) is 3.30. The second-order valence-corrected chi connectivity index (χ2v) is 7.61. The quantitative estimate of drug-likeness (QED) is 0.681. The van der Waals surface area contributed by atoms with Crippen LogP contribution in [-0.2, 0) is 4.79 Å². The molecule has 0 radical (unpaired) electrons. The summed E-state index contributed by atoms with van der Waals surface area (Å²) >= 11 is 7.34. The van der Waals surface area contributed by atoms with Crippen molar-refractivity contribution < 1.29 is 9.59 Å². The fourth-order valence-corrected chi connectivity index (χ4v) is 3.40. The summed E-state index contributed by atoms with van der Waals surface area (Å²) in [6, 6.07) is 14.4. The molecular formula is C20H23ClN2O2S. The van der Waals surface area contributed by atoms with Gasteiger partial charge in [-0.1, -0.05) is 11.6 Å². The van der Waals surface area contributed by atoms with Crippen molar-refractivity contribution in [2.45, 2.75) is 30.9 Å². The smallest absolute Gasteiger partial charge is 0.253 e. The Labute approximate surface area is 163 Å². The van der Waals surface area contributed by atoms with Crippen molar-refractivity contribution in [3.05, 3.63) is 59.1 Å². The van der Waals surface area contributed by atoms with E-state index in [0.29, 0.717) is 29.4 Å². The molecule has 0 fully saturated rings. The van der Waals surface area contributed by atoms with Gasteiger partial charge in [0.25, 0.3) is 5.91 Å². The summed E-state index contributed by atoms with van der Waals surface area (Å²) in [4.78, 5) is 27.4. The molecule has 0 bridgehead atoms. The van der Waals surface area contributed by atoms with Gasteiger partial charge in [-0.05, 0) is 69.3 Å². The summed E-state index contributed by atoms with van der Waals surface area (Å²) in [6.45, 7) is 7.11. The molecule has 0 saturated carbocycles. The Kier molecular flexibility index (Phi) is 7.54. The molecule has 1 N–H and O–H groups in total. The third kappa shape index (κ3) is 5.51. The molecule has 0 spiro atoms. The second-order valence-electron chi connectivity index (χ2n) is 5.76. The van der Waals surface area contributed by atoms with E-state index < -0.39 is 0 Å². The van der Waals surface area contributed by atoms with E-state index >= 15 is 0 Å². The molecule has 0 saturated heterocycles. The third-order valence-corrected chi connectivity index (χ3v) is 5.31. The monoisotopic (exact) mass is 390 g/mol. The van der Waals surface area contributed by atoms with E-state index in [0.717, 1.165) is 4.90 Å². The molecule has 2 aromatic rings. The Bertz CT molecular complexity index is 743. The van der Waals surface area contributed by atoms with Crippen molar-refractivity contribution >= 4 is 40.9 Å². The van der Waals surface area contributed by atoms with Gasteiger partial charge >= 0.3 is 0 Å². The van der Waals surface area contributed by atoms with Gasteiger partial charge in [0.1, 0.15) is 0 Å². The molecule has 26 heavy (non-hydrogen) atoms. The molecular weight excluding hydrogens is 368 g/mol. The molecule has 2 rings (SSSR count). The number of halogens is 1. The lowest BCUT2D eigenvalue weighted by atomic mass is 10.1. The molecule has 2 aromatic carbocycles. The Balaban J connectivity index is 1.96. The van der Waals surface area contributed by atoms with Gasteiger partial charge in [0, 0.05) is 34.3 Å². The van der Waals surface area contributed by atoms with Gasteiger partial charge < -0.3 is 10.2 Å². The molecule has 0 aliphatic carbocycles. The molecule has 138 valence electrons. The zero-order valence-electron chi connectivity index (χ0n) is 15.2. The van der Waals surface area contributed by atoms with Crippen LogP contribution < -0.4 is 5.32 Å². The van der Waals surface area contributed by atoms with E-state index in [1.807, 2.05) is 32.9 Å². The minimum absolute atomic E-state index is 0.000427. The van der Waals surface area contributed by atoms with Crippen LogP contribution >= 0.6 is 23.4 Å². The Morgan fingerprint density at radius 1 is 1.04 bits per heavy atom. The van der Waals surface area contributed by atoms with Crippen LogP contribution in [0.15, 0.2) is 53.4 Å². The van der Waals surface area contributed by atoms with E-state index in [2.05, 4.69) is 5.32 Å². The topological polar surface area (TPSA) is 49.4 Å². The zero-order chi connectivity index (χ0) is 19.1. The number of benzene rings is 2. The molecule has 6 heteroatoms. The van der Waals surface area contributed by atoms with Crippen molar-refractivity contribution in [2.75, 3.05) is 18.4 Å². The molecule has 2 amide bonds. The summed E-state index contributed by atoms with van der Waals surface area (Å²) in [7, 11) is 0. The largest absolute Gasteiger partial charge is 0.339 e. The summed E-state index contributed by atoms with van der Waals surface area (Å²) in [6.07, 6.45) is 0. The van der Waals surface area contributed by atoms with Crippen LogP contribution in [0.4, 0.5) is 5.69 Å². The number of thioether (sulfide) groups is 1. The van der Waals surface area contributed by atoms with Gasteiger partial charge in [-0.25, -0.2) is 0 Å². The van der Waals surface area contributed by atoms with Gasteiger partial charge in [-0.3, -0.25) is 9.59 Å². The molecule has 0 unspecified atom stereocenters. The SMILES string of the molecule is CCN(CC)C(=O)c1ccc(NC(=O)[C@H](C)Sc2ccc(Cl)cc2)cc1. The predicted octanol–water partition coefficient (Wildman–Crippen LogP) is 4.94. The van der Waals surface area contributed by atoms with Gasteiger partial charge in [-0.2, -0.15) is 0 Å². The highest BCUT2D eigenvalue weighted by molar-refractivity contribution is 8.00. The number of hydrogen-bond donors (Lipinski definition) is 1. The van der Waals surface area contributed by atoms with E-state index in [1.54, 1.807) is 41.3 Å². The van der Waals surface area contributed by atoms with Crippen molar-refractivity contribution in [3.63, 3.8) is 0 Å². The summed E-state index contributed by atoms with van der Waals surface area (Å²) in [5.41, 5.74) is 1.30. The normalized spacial score (nSPS) is 11.7. The molecule has 0 aliphatic heterocycles. The van der Waals surface area contributed by atoms with Crippen LogP contribution in [-0.4, -0.2) is 35.1 Å². The van der Waals surface area contributed by atoms with Crippen molar-refractivity contribution in [1.29, 1.82) is 0 Å². The minimum atomic E-state index is -0.256. The highest BCUT2D eigenvalue weighted by Gasteiger charge is 2.16. The molecule has 0 heterocycles. The Morgan fingerprint density at radius 2 is 1.62 bits per heavy atom. The minimum Gasteiger partial charge on any atom is -0.339 e. The van der Waals surface area contributed by atoms with E-state index in [1.165, 1.54) is 11.8 Å². The first-order valence-electron chi connectivity index (χ1n) is 8.57. The lowest BCUT2D eigenvalue weighted by Crippen LogP contribution is -2.30. The maximum absolute atomic E-state index is 12.4. The Hall–Kier alpha value is -1.98. The van der Waals surface area contributed by atoms with Crippen molar-refractivity contribution in [1.82, 2.24) is 4.90 Å². The van der Waals surface area contributed by atoms with Crippen LogP contribution in [0, 0.1) is 0 Å². The first-order valence-corrected chi connectivity index (χ1v) is 9.82. The molecule has 0 aromatic heterocycles. The van der Waals surface area contributed by atoms with Gasteiger partial charge in [0.2, 0.25) is 5.91 Å². The average molecular weight is 391 g/mol. The molecule has 0 aliphatic rings. The maximum Gasteiger partial charge on any atom is 0.253 e. The molecule has 4 nitrogen and oxygen atoms in total. The first kappa shape index (κ1) is 20.3. The van der Waals surface area contributed by atoms with Gasteiger partial charge in [0.05, 0.1) is 5.25 Å². The summed E-state index contributed by atoms with van der Waals surface area (Å²) in [5.74, 6) is -0.0905. The van der Waals surface area contributed by atoms with Gasteiger partial charge in [0.15, 0.2) is 0 Å². The van der Waals surface area contributed by atoms with Crippen LogP contribution in [0.5, 0.6) is 0 Å². The fourth-order valence-electron chi connectivity index (χ4n) is 2.40. The van der Waals surface area contributed by atoms with Crippen LogP contribution in [0.25, 0.3) is 0 Å². The number of anilines is 1. The second kappa shape index (κ2) is 9.64. The fraction of sp³-hybridized carbons (Fsp3) is 0.300. The highest BCUT2D eigenvalue weighted by Crippen LogP contribution is 2.25. The van der Waals surface area contributed by atoms with Crippen LogP contribution in [0.3, 0.4) is 0 Å². The Morgan fingerprint density at radius 3 is 2.15 bits per heavy atom. The maximum atomic E-state index is 12.4. The van der Waals surface area contributed by atoms with Gasteiger partial charge in [-0.15, -0.1) is 11.8 Å².